The fourth-order valence-electron chi connectivity index (χ4n) is 3.26. The minimum atomic E-state index is -0.626. The average molecular weight is 362 g/mol. The number of carbonyl (C=O) groups is 1. The number of benzene rings is 3. The van der Waals surface area contributed by atoms with Crippen molar-refractivity contribution >= 4 is 17.4 Å². The third-order valence-corrected chi connectivity index (χ3v) is 4.54. The monoisotopic (exact) mass is 362 g/mol. The Labute approximate surface area is 153 Å². The van der Waals surface area contributed by atoms with Crippen LogP contribution in [0.5, 0.6) is 28.7 Å². The third kappa shape index (κ3) is 2.46. The van der Waals surface area contributed by atoms with Crippen LogP contribution >= 0.6 is 0 Å². The molecule has 6 nitrogen and oxygen atoms in total. The van der Waals surface area contributed by atoms with Crippen LogP contribution in [-0.2, 0) is 0 Å². The summed E-state index contributed by atoms with van der Waals surface area (Å²) in [6.45, 7) is 0. The van der Waals surface area contributed by atoms with E-state index in [0.717, 1.165) is 0 Å². The maximum atomic E-state index is 12.8. The molecule has 3 aromatic rings. The first kappa shape index (κ1) is 16.5. The van der Waals surface area contributed by atoms with Crippen LogP contribution in [-0.4, -0.2) is 31.3 Å². The highest BCUT2D eigenvalue weighted by Crippen LogP contribution is 2.44. The minimum absolute atomic E-state index is 0.0211. The fourth-order valence-corrected chi connectivity index (χ4v) is 3.26. The van der Waals surface area contributed by atoms with Gasteiger partial charge in [-0.05, 0) is 52.6 Å². The molecule has 0 heterocycles. The Morgan fingerprint density at radius 3 is 1.96 bits per heavy atom. The first-order valence-electron chi connectivity index (χ1n) is 8.04. The number of hydrogen-bond donors (Lipinski definition) is 5. The third-order valence-electron chi connectivity index (χ3n) is 4.54. The van der Waals surface area contributed by atoms with Crippen molar-refractivity contribution in [1.82, 2.24) is 0 Å². The lowest BCUT2D eigenvalue weighted by molar-refractivity contribution is 0.103. The maximum absolute atomic E-state index is 12.8. The number of hydrogen-bond acceptors (Lipinski definition) is 6. The highest BCUT2D eigenvalue weighted by molar-refractivity contribution is 6.21. The van der Waals surface area contributed by atoms with Crippen LogP contribution < -0.4 is 0 Å². The van der Waals surface area contributed by atoms with Crippen LogP contribution in [0.15, 0.2) is 48.5 Å². The summed E-state index contributed by atoms with van der Waals surface area (Å²) in [5, 5.41) is 49.1. The quantitative estimate of drug-likeness (QED) is 0.331. The molecule has 0 aliphatic heterocycles. The lowest BCUT2D eigenvalue weighted by Gasteiger charge is -2.23. The largest absolute Gasteiger partial charge is 0.504 e. The molecule has 0 aromatic heterocycles. The predicted molar refractivity (Wildman–Crippen MR) is 98.1 cm³/mol. The van der Waals surface area contributed by atoms with Crippen LogP contribution in [0.3, 0.4) is 0 Å². The number of carbonyl (C=O) groups excluding carboxylic acids is 1. The molecule has 6 heteroatoms. The lowest BCUT2D eigenvalue weighted by atomic mass is 9.80. The van der Waals surface area contributed by atoms with Crippen molar-refractivity contribution in [3.63, 3.8) is 0 Å². The summed E-state index contributed by atoms with van der Waals surface area (Å²) in [6.07, 6.45) is 1.61. The summed E-state index contributed by atoms with van der Waals surface area (Å²) < 4.78 is 0. The van der Waals surface area contributed by atoms with Crippen LogP contribution in [0.2, 0.25) is 0 Å². The molecule has 0 unspecified atom stereocenters. The topological polar surface area (TPSA) is 118 Å². The van der Waals surface area contributed by atoms with E-state index in [4.69, 9.17) is 0 Å². The summed E-state index contributed by atoms with van der Waals surface area (Å²) >= 11 is 0. The zero-order valence-corrected chi connectivity index (χ0v) is 13.8. The summed E-state index contributed by atoms with van der Waals surface area (Å²) in [7, 11) is 0. The van der Waals surface area contributed by atoms with Crippen molar-refractivity contribution in [2.75, 3.05) is 0 Å². The molecule has 1 aliphatic carbocycles. The molecule has 0 radical (unpaired) electrons. The number of ketones is 1. The van der Waals surface area contributed by atoms with Gasteiger partial charge in [0.1, 0.15) is 0 Å². The molecular weight excluding hydrogens is 348 g/mol. The Bertz CT molecular complexity index is 1120. The molecule has 1 aliphatic rings. The first-order valence-corrected chi connectivity index (χ1v) is 8.04. The van der Waals surface area contributed by atoms with Gasteiger partial charge in [0.15, 0.2) is 34.5 Å². The summed E-state index contributed by atoms with van der Waals surface area (Å²) in [5.41, 5.74) is 2.27. The highest BCUT2D eigenvalue weighted by atomic mass is 16.3. The molecule has 0 atom stereocenters. The van der Waals surface area contributed by atoms with Gasteiger partial charge >= 0.3 is 0 Å². The van der Waals surface area contributed by atoms with Crippen LogP contribution in [0.4, 0.5) is 0 Å². The summed E-state index contributed by atoms with van der Waals surface area (Å²) in [5.74, 6) is -2.93. The van der Waals surface area contributed by atoms with Crippen molar-refractivity contribution in [1.29, 1.82) is 0 Å². The first-order chi connectivity index (χ1) is 12.9. The van der Waals surface area contributed by atoms with Gasteiger partial charge in [0, 0.05) is 5.56 Å². The molecular formula is C21H14O6. The Hall–Kier alpha value is -3.93. The average Bonchev–Trinajstić information content (AvgIpc) is 2.65. The molecule has 5 N–H and O–H groups in total. The maximum Gasteiger partial charge on any atom is 0.200 e. The van der Waals surface area contributed by atoms with Crippen molar-refractivity contribution in [2.45, 2.75) is 0 Å². The number of aromatic hydroxyl groups is 5. The Kier molecular flexibility index (Phi) is 3.56. The normalized spacial score (nSPS) is 14.1. The van der Waals surface area contributed by atoms with Gasteiger partial charge in [-0.1, -0.05) is 24.3 Å². The van der Waals surface area contributed by atoms with E-state index in [0.29, 0.717) is 27.8 Å². The van der Waals surface area contributed by atoms with E-state index in [9.17, 15) is 30.3 Å². The lowest BCUT2D eigenvalue weighted by Crippen LogP contribution is -2.14. The Morgan fingerprint density at radius 2 is 1.30 bits per heavy atom. The van der Waals surface area contributed by atoms with Gasteiger partial charge in [0.2, 0.25) is 0 Å². The number of phenols is 5. The van der Waals surface area contributed by atoms with Gasteiger partial charge in [-0.25, -0.2) is 0 Å². The van der Waals surface area contributed by atoms with Crippen molar-refractivity contribution in [3.05, 3.63) is 76.3 Å². The van der Waals surface area contributed by atoms with E-state index in [1.807, 2.05) is 0 Å². The zero-order chi connectivity index (χ0) is 19.3. The minimum Gasteiger partial charge on any atom is -0.504 e. The molecule has 0 saturated carbocycles. The Balaban J connectivity index is 2.03. The predicted octanol–water partition coefficient (Wildman–Crippen LogP) is 3.35. The van der Waals surface area contributed by atoms with Crippen molar-refractivity contribution in [3.8, 4) is 28.7 Å². The van der Waals surface area contributed by atoms with Gasteiger partial charge in [-0.2, -0.15) is 0 Å². The number of phenolic OH excluding ortho intramolecular Hbond substituents is 5. The van der Waals surface area contributed by atoms with Gasteiger partial charge in [-0.15, -0.1) is 0 Å². The Morgan fingerprint density at radius 1 is 0.667 bits per heavy atom. The van der Waals surface area contributed by atoms with Gasteiger partial charge in [-0.3, -0.25) is 4.79 Å². The molecule has 27 heavy (non-hydrogen) atoms. The van der Waals surface area contributed by atoms with E-state index < -0.39 is 34.5 Å². The second-order valence-electron chi connectivity index (χ2n) is 6.20. The van der Waals surface area contributed by atoms with Crippen LogP contribution in [0.1, 0.15) is 32.6 Å². The van der Waals surface area contributed by atoms with Crippen LogP contribution in [0, 0.1) is 0 Å². The smallest absolute Gasteiger partial charge is 0.200 e. The number of rotatable bonds is 1. The van der Waals surface area contributed by atoms with E-state index in [2.05, 4.69) is 0 Å². The zero-order valence-electron chi connectivity index (χ0n) is 13.8. The molecule has 0 amide bonds. The molecule has 4 rings (SSSR count). The van der Waals surface area contributed by atoms with Crippen LogP contribution in [0.25, 0.3) is 11.6 Å². The van der Waals surface area contributed by atoms with E-state index in [1.165, 1.54) is 24.3 Å². The molecule has 0 saturated heterocycles. The van der Waals surface area contributed by atoms with E-state index in [-0.39, 0.29) is 5.56 Å². The highest BCUT2D eigenvalue weighted by Gasteiger charge is 2.30. The SMILES string of the molecule is O=C1c2ccccc2C(=Cc2cc(O)c(O)c(O)c2)c2ccc(O)c(O)c21. The van der Waals surface area contributed by atoms with Gasteiger partial charge < -0.3 is 25.5 Å². The standard InChI is InChI=1S/C21H14O6/c22-15-6-5-12-14(7-10-8-16(23)20(26)17(24)9-10)11-3-1-2-4-13(11)19(25)18(12)21(15)27/h1-9,22-24,26-27H. The molecule has 0 spiro atoms. The molecule has 0 fully saturated rings. The van der Waals surface area contributed by atoms with Crippen molar-refractivity contribution < 1.29 is 30.3 Å². The summed E-state index contributed by atoms with van der Waals surface area (Å²) in [6, 6.07) is 12.1. The summed E-state index contributed by atoms with van der Waals surface area (Å²) in [4.78, 5) is 12.8. The van der Waals surface area contributed by atoms with E-state index in [1.54, 1.807) is 30.3 Å². The molecule has 0 bridgehead atoms. The molecule has 134 valence electrons. The second kappa shape index (κ2) is 5.81. The fraction of sp³-hybridized carbons (Fsp3) is 0. The number of fused-ring (bicyclic) bond motifs is 2. The van der Waals surface area contributed by atoms with Crippen molar-refractivity contribution in [2.24, 2.45) is 0 Å². The molecule has 3 aromatic carbocycles. The van der Waals surface area contributed by atoms with E-state index >= 15 is 0 Å². The van der Waals surface area contributed by atoms with Gasteiger partial charge in [0.05, 0.1) is 5.56 Å². The van der Waals surface area contributed by atoms with Gasteiger partial charge in [0.25, 0.3) is 0 Å². The second-order valence-corrected chi connectivity index (χ2v) is 6.20.